The lowest BCUT2D eigenvalue weighted by molar-refractivity contribution is -0.280. The third kappa shape index (κ3) is 4.93. The Labute approximate surface area is 166 Å². The van der Waals surface area contributed by atoms with Gasteiger partial charge in [0.2, 0.25) is 0 Å². The fraction of sp³-hybridized carbons (Fsp3) is 1.00. The van der Waals surface area contributed by atoms with Gasteiger partial charge in [-0.1, -0.05) is 20.5 Å². The Morgan fingerprint density at radius 2 is 1.53 bits per heavy atom. The zero-order chi connectivity index (χ0) is 22.3. The van der Waals surface area contributed by atoms with Gasteiger partial charge < -0.3 is 24.8 Å². The third-order valence-corrected chi connectivity index (χ3v) is 4.77. The van der Waals surface area contributed by atoms with Gasteiger partial charge in [0.15, 0.2) is 6.29 Å². The molecule has 0 amide bonds. The van der Waals surface area contributed by atoms with Gasteiger partial charge in [-0.2, -0.15) is 0 Å². The number of rotatable bonds is 7. The predicted octanol–water partition coefficient (Wildman–Crippen LogP) is 1.27. The van der Waals surface area contributed by atoms with Gasteiger partial charge in [-0.05, 0) is 28.5 Å². The molecule has 1 saturated carbocycles. The molecular formula is C12H17FN12O5. The van der Waals surface area contributed by atoms with Gasteiger partial charge in [0.05, 0.1) is 36.9 Å². The Balaban J connectivity index is 2.33. The van der Waals surface area contributed by atoms with Gasteiger partial charge in [-0.3, -0.25) is 0 Å². The van der Waals surface area contributed by atoms with E-state index in [4.69, 9.17) is 31.6 Å². The molecule has 1 aliphatic heterocycles. The van der Waals surface area contributed by atoms with E-state index in [0.29, 0.717) is 0 Å². The number of nitrogens with zero attached hydrogens (tertiary/aromatic N) is 12. The summed E-state index contributed by atoms with van der Waals surface area (Å²) < 4.78 is 25.5. The lowest BCUT2D eigenvalue weighted by Gasteiger charge is -2.44. The zero-order valence-corrected chi connectivity index (χ0v) is 15.1. The summed E-state index contributed by atoms with van der Waals surface area (Å²) in [5, 5.41) is 43.7. The first-order valence-corrected chi connectivity index (χ1v) is 8.52. The average molecular weight is 428 g/mol. The van der Waals surface area contributed by atoms with Crippen LogP contribution >= 0.6 is 0 Å². The van der Waals surface area contributed by atoms with Gasteiger partial charge in [0.25, 0.3) is 0 Å². The van der Waals surface area contributed by atoms with Crippen molar-refractivity contribution < 1.29 is 29.2 Å². The van der Waals surface area contributed by atoms with Crippen molar-refractivity contribution >= 4 is 0 Å². The highest BCUT2D eigenvalue weighted by Gasteiger charge is 2.50. The molecule has 1 saturated heterocycles. The Bertz CT molecular complexity index is 805. The normalized spacial score (nSPS) is 40.7. The molecule has 0 radical (unpaired) electrons. The smallest absolute Gasteiger partial charge is 0.170 e. The molecule has 2 rings (SSSR count). The van der Waals surface area contributed by atoms with Crippen LogP contribution in [-0.2, 0) is 9.47 Å². The van der Waals surface area contributed by atoms with E-state index in [1.165, 1.54) is 0 Å². The van der Waals surface area contributed by atoms with Gasteiger partial charge in [0.1, 0.15) is 24.4 Å². The van der Waals surface area contributed by atoms with Gasteiger partial charge >= 0.3 is 0 Å². The number of azide groups is 4. The molecule has 30 heavy (non-hydrogen) atoms. The molecule has 162 valence electrons. The summed E-state index contributed by atoms with van der Waals surface area (Å²) in [5.74, 6) is 0. The van der Waals surface area contributed by atoms with Crippen molar-refractivity contribution in [3.05, 3.63) is 41.8 Å². The Hall–Kier alpha value is -3.03. The molecule has 2 aliphatic rings. The minimum absolute atomic E-state index is 0.209. The number of ether oxygens (including phenoxy) is 2. The largest absolute Gasteiger partial charge is 0.390 e. The first kappa shape index (κ1) is 23.3. The number of aliphatic hydroxyl groups is 3. The Morgan fingerprint density at radius 3 is 2.13 bits per heavy atom. The van der Waals surface area contributed by atoms with Crippen LogP contribution in [0.15, 0.2) is 20.5 Å². The van der Waals surface area contributed by atoms with Crippen LogP contribution in [0.5, 0.6) is 0 Å². The number of aliphatic hydroxyl groups excluding tert-OH is 3. The summed E-state index contributed by atoms with van der Waals surface area (Å²) in [7, 11) is 0. The van der Waals surface area contributed by atoms with E-state index in [9.17, 15) is 19.7 Å². The van der Waals surface area contributed by atoms with Crippen LogP contribution in [0.25, 0.3) is 41.8 Å². The summed E-state index contributed by atoms with van der Waals surface area (Å²) in [6, 6.07) is -4.01. The molecule has 2 fully saturated rings. The van der Waals surface area contributed by atoms with E-state index < -0.39 is 67.7 Å². The molecule has 0 spiro atoms. The monoisotopic (exact) mass is 428 g/mol. The molecule has 0 aromatic heterocycles. The quantitative estimate of drug-likeness (QED) is 0.306. The van der Waals surface area contributed by atoms with E-state index in [1.54, 1.807) is 0 Å². The van der Waals surface area contributed by atoms with Crippen molar-refractivity contribution in [1.82, 2.24) is 0 Å². The molecule has 10 atom stereocenters. The summed E-state index contributed by atoms with van der Waals surface area (Å²) >= 11 is 0. The molecule has 0 aromatic rings. The van der Waals surface area contributed by atoms with E-state index in [-0.39, 0.29) is 6.42 Å². The first-order valence-electron chi connectivity index (χ1n) is 8.52. The summed E-state index contributed by atoms with van der Waals surface area (Å²) in [6.45, 7) is -0.477. The molecule has 1 aliphatic carbocycles. The molecule has 0 bridgehead atoms. The number of alkyl halides is 1. The van der Waals surface area contributed by atoms with Gasteiger partial charge in [-0.25, -0.2) is 4.39 Å². The minimum atomic E-state index is -2.18. The standard InChI is InChI=1S/C12H17FN12O5/c13-6-7(21-25-17)12(29-5(9(6)27)2-18-22-14)30-11-4(20-24-16)1-3(19-23-15)8(26)10(11)28/h3-12,26-28H,1-2H2/t3?,4?,5-,6+,7?,8+,9-,10-,11-,12-/m1/s1. The number of halogens is 1. The topological polar surface area (TPSA) is 274 Å². The van der Waals surface area contributed by atoms with E-state index in [1.807, 2.05) is 0 Å². The SMILES string of the molecule is [N-]=[N+]=NC[C@H]1O[C@H](O[C@@H]2C(N=[N+]=[N-])CC(N=[N+]=[N-])[C@H](O)[C@H]2O)C(N=[N+]=[N-])[C@H](F)[C@@H]1O. The molecule has 3 unspecified atom stereocenters. The second-order valence-electron chi connectivity index (χ2n) is 6.45. The zero-order valence-electron chi connectivity index (χ0n) is 15.1. The fourth-order valence-electron chi connectivity index (χ4n) is 3.31. The maximum absolute atomic E-state index is 14.6. The van der Waals surface area contributed by atoms with Crippen molar-refractivity contribution in [1.29, 1.82) is 0 Å². The van der Waals surface area contributed by atoms with E-state index >= 15 is 0 Å². The van der Waals surface area contributed by atoms with Crippen LogP contribution in [0.3, 0.4) is 0 Å². The van der Waals surface area contributed by atoms with E-state index in [0.717, 1.165) is 0 Å². The van der Waals surface area contributed by atoms with Crippen molar-refractivity contribution in [2.24, 2.45) is 20.5 Å². The number of hydrogen-bond donors (Lipinski definition) is 3. The molecular weight excluding hydrogens is 411 g/mol. The van der Waals surface area contributed by atoms with Crippen molar-refractivity contribution in [3.63, 3.8) is 0 Å². The maximum atomic E-state index is 14.6. The van der Waals surface area contributed by atoms with E-state index in [2.05, 4.69) is 40.1 Å². The molecule has 0 aromatic carbocycles. The summed E-state index contributed by atoms with van der Waals surface area (Å²) in [6.07, 6.45) is -12.1. The third-order valence-electron chi connectivity index (χ3n) is 4.77. The van der Waals surface area contributed by atoms with Crippen molar-refractivity contribution in [3.8, 4) is 0 Å². The summed E-state index contributed by atoms with van der Waals surface area (Å²) in [5.41, 5.74) is 34.5. The second-order valence-corrected chi connectivity index (χ2v) is 6.45. The summed E-state index contributed by atoms with van der Waals surface area (Å²) in [4.78, 5) is 10.1. The van der Waals surface area contributed by atoms with Crippen LogP contribution in [0.4, 0.5) is 4.39 Å². The van der Waals surface area contributed by atoms with Crippen LogP contribution in [0.2, 0.25) is 0 Å². The molecule has 3 N–H and O–H groups in total. The lowest BCUT2D eigenvalue weighted by Crippen LogP contribution is -2.61. The fourth-order valence-corrected chi connectivity index (χ4v) is 3.31. The highest BCUT2D eigenvalue weighted by atomic mass is 19.1. The average Bonchev–Trinajstić information content (AvgIpc) is 2.73. The predicted molar refractivity (Wildman–Crippen MR) is 93.9 cm³/mol. The van der Waals surface area contributed by atoms with Crippen molar-refractivity contribution in [2.45, 2.75) is 67.5 Å². The van der Waals surface area contributed by atoms with Crippen molar-refractivity contribution in [2.75, 3.05) is 6.54 Å². The van der Waals surface area contributed by atoms with Crippen LogP contribution < -0.4 is 0 Å². The highest BCUT2D eigenvalue weighted by molar-refractivity contribution is 5.02. The van der Waals surface area contributed by atoms with Crippen LogP contribution in [0.1, 0.15) is 6.42 Å². The molecule has 17 nitrogen and oxygen atoms in total. The van der Waals surface area contributed by atoms with Crippen LogP contribution in [0, 0.1) is 0 Å². The molecule has 1 heterocycles. The second kappa shape index (κ2) is 10.7. The lowest BCUT2D eigenvalue weighted by atomic mass is 9.84. The first-order chi connectivity index (χ1) is 14.4. The Kier molecular flexibility index (Phi) is 8.26. The van der Waals surface area contributed by atoms with Gasteiger partial charge in [0, 0.05) is 19.6 Å². The number of hydrogen-bond acceptors (Lipinski definition) is 9. The minimum Gasteiger partial charge on any atom is -0.390 e. The van der Waals surface area contributed by atoms with Crippen LogP contribution in [-0.4, -0.2) is 83.0 Å². The Morgan fingerprint density at radius 1 is 0.900 bits per heavy atom. The highest BCUT2D eigenvalue weighted by Crippen LogP contribution is 2.33. The van der Waals surface area contributed by atoms with Gasteiger partial charge in [-0.15, -0.1) is 0 Å². The molecule has 18 heteroatoms. The maximum Gasteiger partial charge on any atom is 0.170 e.